The SMILES string of the molecule is O=C(Nc1cccc(C(F)(F)F)c1)OC1COC2C(NS(=O)(=O)c3cccs3)COC12. The van der Waals surface area contributed by atoms with Crippen molar-refractivity contribution < 1.29 is 40.6 Å². The zero-order valence-corrected chi connectivity index (χ0v) is 17.3. The molecular weight excluding hydrogens is 461 g/mol. The molecule has 1 amide bonds. The fraction of sp³-hybridized carbons (Fsp3) is 0.389. The standard InChI is InChI=1S/C18H17F3N2O6S2/c19-18(20,21)10-3-1-4-11(7-10)22-17(24)29-13-9-28-15-12(8-27-16(13)15)23-31(25,26)14-5-2-6-30-14/h1-7,12-13,15-16,23H,8-9H2,(H,22,24). The van der Waals surface area contributed by atoms with Gasteiger partial charge in [-0.25, -0.2) is 17.9 Å². The predicted molar refractivity (Wildman–Crippen MR) is 103 cm³/mol. The van der Waals surface area contributed by atoms with E-state index in [1.165, 1.54) is 12.1 Å². The van der Waals surface area contributed by atoms with Gasteiger partial charge in [-0.05, 0) is 29.6 Å². The Morgan fingerprint density at radius 3 is 2.61 bits per heavy atom. The zero-order chi connectivity index (χ0) is 22.2. The van der Waals surface area contributed by atoms with E-state index in [1.54, 1.807) is 11.4 Å². The largest absolute Gasteiger partial charge is 0.441 e. The van der Waals surface area contributed by atoms with E-state index in [-0.39, 0.29) is 23.1 Å². The predicted octanol–water partition coefficient (Wildman–Crippen LogP) is 2.83. The van der Waals surface area contributed by atoms with Crippen LogP contribution in [0, 0.1) is 0 Å². The molecule has 8 nitrogen and oxygen atoms in total. The molecule has 0 bridgehead atoms. The summed E-state index contributed by atoms with van der Waals surface area (Å²) >= 11 is 1.07. The van der Waals surface area contributed by atoms with Gasteiger partial charge in [-0.15, -0.1) is 11.3 Å². The van der Waals surface area contributed by atoms with Crippen molar-refractivity contribution >= 4 is 33.1 Å². The van der Waals surface area contributed by atoms with E-state index >= 15 is 0 Å². The van der Waals surface area contributed by atoms with Crippen LogP contribution in [0.4, 0.5) is 23.7 Å². The number of nitrogens with one attached hydrogen (secondary N) is 2. The molecule has 2 N–H and O–H groups in total. The lowest BCUT2D eigenvalue weighted by atomic mass is 10.1. The minimum atomic E-state index is -4.54. The van der Waals surface area contributed by atoms with Gasteiger partial charge in [0.05, 0.1) is 24.8 Å². The smallest absolute Gasteiger partial charge is 0.416 e. The summed E-state index contributed by atoms with van der Waals surface area (Å²) in [5.74, 6) is 0. The van der Waals surface area contributed by atoms with Crippen LogP contribution in [0.3, 0.4) is 0 Å². The summed E-state index contributed by atoms with van der Waals surface area (Å²) < 4.78 is 82.3. The molecule has 2 fully saturated rings. The van der Waals surface area contributed by atoms with Gasteiger partial charge < -0.3 is 14.2 Å². The van der Waals surface area contributed by atoms with Crippen molar-refractivity contribution in [3.63, 3.8) is 0 Å². The number of rotatable bonds is 5. The first-order valence-corrected chi connectivity index (χ1v) is 11.4. The summed E-state index contributed by atoms with van der Waals surface area (Å²) in [6.45, 7) is -0.0163. The monoisotopic (exact) mass is 478 g/mol. The quantitative estimate of drug-likeness (QED) is 0.685. The maximum absolute atomic E-state index is 12.8. The molecule has 0 aliphatic carbocycles. The molecule has 0 radical (unpaired) electrons. The van der Waals surface area contributed by atoms with Crippen molar-refractivity contribution in [2.75, 3.05) is 18.5 Å². The van der Waals surface area contributed by atoms with Crippen LogP contribution in [0.2, 0.25) is 0 Å². The maximum atomic E-state index is 12.8. The second kappa shape index (κ2) is 8.39. The molecule has 2 saturated heterocycles. The highest BCUT2D eigenvalue weighted by atomic mass is 32.2. The molecule has 1 aromatic heterocycles. The molecule has 31 heavy (non-hydrogen) atoms. The maximum Gasteiger partial charge on any atom is 0.416 e. The van der Waals surface area contributed by atoms with Crippen LogP contribution in [0.25, 0.3) is 0 Å². The Balaban J connectivity index is 1.35. The molecule has 13 heteroatoms. The van der Waals surface area contributed by atoms with E-state index in [0.29, 0.717) is 0 Å². The molecule has 4 atom stereocenters. The first-order valence-electron chi connectivity index (χ1n) is 9.07. The van der Waals surface area contributed by atoms with Crippen LogP contribution in [0.1, 0.15) is 5.56 Å². The summed E-state index contributed by atoms with van der Waals surface area (Å²) in [5, 5.41) is 3.89. The van der Waals surface area contributed by atoms with Gasteiger partial charge in [0.2, 0.25) is 10.0 Å². The third-order valence-corrected chi connectivity index (χ3v) is 7.66. The summed E-state index contributed by atoms with van der Waals surface area (Å²) in [6, 6.07) is 6.55. The van der Waals surface area contributed by atoms with Gasteiger partial charge >= 0.3 is 12.3 Å². The summed E-state index contributed by atoms with van der Waals surface area (Å²) in [7, 11) is -3.74. The number of carbonyl (C=O) groups is 1. The Morgan fingerprint density at radius 2 is 1.90 bits per heavy atom. The number of carbonyl (C=O) groups excluding carboxylic acids is 1. The number of amides is 1. The second-order valence-electron chi connectivity index (χ2n) is 6.90. The number of hydrogen-bond acceptors (Lipinski definition) is 7. The van der Waals surface area contributed by atoms with Gasteiger partial charge in [0.15, 0.2) is 6.10 Å². The first-order chi connectivity index (χ1) is 14.6. The van der Waals surface area contributed by atoms with E-state index in [9.17, 15) is 26.4 Å². The van der Waals surface area contributed by atoms with Gasteiger partial charge in [0.25, 0.3) is 0 Å². The van der Waals surface area contributed by atoms with Crippen LogP contribution in [0.15, 0.2) is 46.0 Å². The van der Waals surface area contributed by atoms with Crippen molar-refractivity contribution in [2.45, 2.75) is 34.7 Å². The molecule has 0 spiro atoms. The number of fused-ring (bicyclic) bond motifs is 1. The van der Waals surface area contributed by atoms with Gasteiger partial charge in [-0.2, -0.15) is 13.2 Å². The average Bonchev–Trinajstić information content (AvgIpc) is 3.42. The van der Waals surface area contributed by atoms with E-state index < -0.39 is 52.2 Å². The topological polar surface area (TPSA) is 103 Å². The lowest BCUT2D eigenvalue weighted by molar-refractivity contribution is -0.137. The average molecular weight is 478 g/mol. The molecule has 4 rings (SSSR count). The Labute approximate surface area is 179 Å². The Morgan fingerprint density at radius 1 is 1.13 bits per heavy atom. The van der Waals surface area contributed by atoms with Crippen molar-refractivity contribution in [2.24, 2.45) is 0 Å². The molecule has 1 aromatic carbocycles. The number of thiophene rings is 1. The highest BCUT2D eigenvalue weighted by molar-refractivity contribution is 7.91. The van der Waals surface area contributed by atoms with Crippen molar-refractivity contribution in [3.8, 4) is 0 Å². The normalized spacial score (nSPS) is 25.9. The number of alkyl halides is 3. The Hall–Kier alpha value is -2.19. The van der Waals surface area contributed by atoms with Crippen LogP contribution < -0.4 is 10.0 Å². The number of benzene rings is 1. The molecule has 2 aromatic rings. The van der Waals surface area contributed by atoms with E-state index in [0.717, 1.165) is 29.5 Å². The lowest BCUT2D eigenvalue weighted by Crippen LogP contribution is -2.44. The van der Waals surface area contributed by atoms with Gasteiger partial charge in [-0.3, -0.25) is 5.32 Å². The third kappa shape index (κ3) is 4.85. The molecule has 0 saturated carbocycles. The van der Waals surface area contributed by atoms with Crippen molar-refractivity contribution in [1.82, 2.24) is 4.72 Å². The summed E-state index contributed by atoms with van der Waals surface area (Å²) in [5.41, 5.74) is -0.987. The molecular formula is C18H17F3N2O6S2. The molecule has 2 aliphatic heterocycles. The number of sulfonamides is 1. The number of anilines is 1. The Bertz CT molecular complexity index is 1040. The van der Waals surface area contributed by atoms with Crippen LogP contribution in [-0.2, 0) is 30.4 Å². The molecule has 2 aliphatic rings. The van der Waals surface area contributed by atoms with Crippen molar-refractivity contribution in [3.05, 3.63) is 47.3 Å². The lowest BCUT2D eigenvalue weighted by Gasteiger charge is -2.18. The van der Waals surface area contributed by atoms with E-state index in [1.807, 2.05) is 0 Å². The first kappa shape index (κ1) is 22.0. The minimum Gasteiger partial charge on any atom is -0.441 e. The van der Waals surface area contributed by atoms with Crippen molar-refractivity contribution in [1.29, 1.82) is 0 Å². The van der Waals surface area contributed by atoms with Gasteiger partial charge in [0.1, 0.15) is 16.4 Å². The van der Waals surface area contributed by atoms with E-state index in [4.69, 9.17) is 14.2 Å². The fourth-order valence-corrected chi connectivity index (χ4v) is 5.64. The summed E-state index contributed by atoms with van der Waals surface area (Å²) in [4.78, 5) is 12.1. The fourth-order valence-electron chi connectivity index (χ4n) is 3.40. The number of ether oxygens (including phenoxy) is 3. The van der Waals surface area contributed by atoms with Gasteiger partial charge in [0, 0.05) is 5.69 Å². The number of halogens is 3. The zero-order valence-electron chi connectivity index (χ0n) is 15.7. The minimum absolute atomic E-state index is 0.0229. The second-order valence-corrected chi connectivity index (χ2v) is 9.79. The van der Waals surface area contributed by atoms with Crippen LogP contribution in [0.5, 0.6) is 0 Å². The van der Waals surface area contributed by atoms with Crippen LogP contribution >= 0.6 is 11.3 Å². The Kier molecular flexibility index (Phi) is 5.96. The highest BCUT2D eigenvalue weighted by Gasteiger charge is 2.50. The van der Waals surface area contributed by atoms with Crippen LogP contribution in [-0.4, -0.2) is 52.1 Å². The number of hydrogen-bond donors (Lipinski definition) is 2. The third-order valence-electron chi connectivity index (χ3n) is 4.77. The summed E-state index contributed by atoms with van der Waals surface area (Å²) in [6.07, 6.45) is -7.73. The van der Waals surface area contributed by atoms with E-state index in [2.05, 4.69) is 10.0 Å². The molecule has 4 unspecified atom stereocenters. The molecule has 168 valence electrons. The van der Waals surface area contributed by atoms with Gasteiger partial charge in [-0.1, -0.05) is 12.1 Å². The highest BCUT2D eigenvalue weighted by Crippen LogP contribution is 2.32. The molecule has 3 heterocycles.